The van der Waals surface area contributed by atoms with Crippen molar-refractivity contribution in [2.24, 2.45) is 0 Å². The van der Waals surface area contributed by atoms with Gasteiger partial charge in [-0.05, 0) is 0 Å². The molecule has 0 aliphatic heterocycles. The van der Waals surface area contributed by atoms with Crippen LogP contribution in [-0.4, -0.2) is 29.8 Å². The number of nitrogens with one attached hydrogen (secondary N) is 1. The van der Waals surface area contributed by atoms with Crippen LogP contribution in [0.5, 0.6) is 0 Å². The Kier molecular flexibility index (Phi) is 1.69. The van der Waals surface area contributed by atoms with E-state index in [-0.39, 0.29) is 0 Å². The summed E-state index contributed by atoms with van der Waals surface area (Å²) in [6.45, 7) is 0. The van der Waals surface area contributed by atoms with Crippen LogP contribution in [0.4, 0.5) is 0 Å². The number of hydrogen-bond acceptors (Lipinski definition) is 4. The maximum Gasteiger partial charge on any atom is 0.180 e. The Balaban J connectivity index is 2.37. The van der Waals surface area contributed by atoms with Crippen LogP contribution < -0.4 is 0 Å². The van der Waals surface area contributed by atoms with Crippen molar-refractivity contribution in [3.8, 4) is 11.4 Å². The monoisotopic (exact) mass is 220 g/mol. The van der Waals surface area contributed by atoms with Crippen molar-refractivity contribution in [1.29, 1.82) is 0 Å². The molecule has 3 heterocycles. The van der Waals surface area contributed by atoms with Crippen LogP contribution in [0, 0.1) is 0 Å². The van der Waals surface area contributed by atoms with Crippen molar-refractivity contribution in [2.75, 3.05) is 0 Å². The fraction of sp³-hybridized carbons (Fsp3) is 0. The number of hydrogen-bond donors (Lipinski definition) is 1. The average Bonchev–Trinajstić information content (AvgIpc) is 2.85. The Labute approximate surface area is 88.9 Å². The molecule has 0 atom stereocenters. The van der Waals surface area contributed by atoms with Crippen molar-refractivity contribution in [3.63, 3.8) is 0 Å². The SMILES string of the molecule is Clc1cncc2nnc(-c3cn[nH]c3)n12. The molecule has 0 aliphatic carbocycles. The molecule has 0 unspecified atom stereocenters. The summed E-state index contributed by atoms with van der Waals surface area (Å²) in [6.07, 6.45) is 6.53. The van der Waals surface area contributed by atoms with Crippen LogP contribution in [0.1, 0.15) is 0 Å². The summed E-state index contributed by atoms with van der Waals surface area (Å²) in [4.78, 5) is 3.93. The highest BCUT2D eigenvalue weighted by atomic mass is 35.5. The molecule has 0 aromatic carbocycles. The summed E-state index contributed by atoms with van der Waals surface area (Å²) >= 11 is 6.01. The molecule has 7 heteroatoms. The van der Waals surface area contributed by atoms with Gasteiger partial charge in [-0.2, -0.15) is 5.10 Å². The zero-order valence-electron chi connectivity index (χ0n) is 7.42. The van der Waals surface area contributed by atoms with Gasteiger partial charge in [-0.1, -0.05) is 11.6 Å². The van der Waals surface area contributed by atoms with Gasteiger partial charge in [-0.15, -0.1) is 10.2 Å². The van der Waals surface area contributed by atoms with E-state index in [1.165, 1.54) is 0 Å². The second kappa shape index (κ2) is 3.03. The highest BCUT2D eigenvalue weighted by Gasteiger charge is 2.11. The van der Waals surface area contributed by atoms with E-state index in [2.05, 4.69) is 25.4 Å². The van der Waals surface area contributed by atoms with Gasteiger partial charge < -0.3 is 0 Å². The molecule has 0 saturated heterocycles. The smallest absolute Gasteiger partial charge is 0.180 e. The van der Waals surface area contributed by atoms with Crippen LogP contribution in [0.3, 0.4) is 0 Å². The number of nitrogens with zero attached hydrogens (tertiary/aromatic N) is 5. The zero-order chi connectivity index (χ0) is 10.3. The van der Waals surface area contributed by atoms with Gasteiger partial charge in [0.2, 0.25) is 0 Å². The van der Waals surface area contributed by atoms with E-state index >= 15 is 0 Å². The lowest BCUT2D eigenvalue weighted by atomic mass is 10.3. The third-order valence-electron chi connectivity index (χ3n) is 2.03. The lowest BCUT2D eigenvalue weighted by Crippen LogP contribution is -1.91. The van der Waals surface area contributed by atoms with Gasteiger partial charge >= 0.3 is 0 Å². The summed E-state index contributed by atoms with van der Waals surface area (Å²) in [6, 6.07) is 0. The van der Waals surface area contributed by atoms with Gasteiger partial charge in [0.05, 0.1) is 24.2 Å². The number of halogens is 1. The second-order valence-corrected chi connectivity index (χ2v) is 3.32. The first-order chi connectivity index (χ1) is 7.36. The molecule has 3 aromatic rings. The second-order valence-electron chi connectivity index (χ2n) is 2.93. The molecule has 0 amide bonds. The Morgan fingerprint density at radius 1 is 1.20 bits per heavy atom. The summed E-state index contributed by atoms with van der Waals surface area (Å²) in [5.74, 6) is 0.645. The normalized spacial score (nSPS) is 11.0. The van der Waals surface area contributed by atoms with Crippen molar-refractivity contribution in [2.45, 2.75) is 0 Å². The molecule has 0 saturated carbocycles. The van der Waals surface area contributed by atoms with Crippen LogP contribution >= 0.6 is 11.6 Å². The van der Waals surface area contributed by atoms with Crippen molar-refractivity contribution in [1.82, 2.24) is 29.8 Å². The first-order valence-corrected chi connectivity index (χ1v) is 4.58. The average molecular weight is 221 g/mol. The predicted octanol–water partition coefficient (Wildman–Crippen LogP) is 1.17. The maximum atomic E-state index is 6.01. The van der Waals surface area contributed by atoms with E-state index in [4.69, 9.17) is 11.6 Å². The fourth-order valence-corrected chi connectivity index (χ4v) is 1.60. The first-order valence-electron chi connectivity index (χ1n) is 4.20. The zero-order valence-corrected chi connectivity index (χ0v) is 8.18. The topological polar surface area (TPSA) is 71.8 Å². The molecule has 3 aromatic heterocycles. The summed E-state index contributed by atoms with van der Waals surface area (Å²) in [5.41, 5.74) is 1.44. The van der Waals surface area contributed by atoms with Gasteiger partial charge in [-0.3, -0.25) is 14.5 Å². The molecular formula is C8H5ClN6. The number of aromatic amines is 1. The highest BCUT2D eigenvalue weighted by Crippen LogP contribution is 2.19. The molecule has 6 nitrogen and oxygen atoms in total. The Morgan fingerprint density at radius 3 is 2.93 bits per heavy atom. The maximum absolute atomic E-state index is 6.01. The summed E-state index contributed by atoms with van der Waals surface area (Å²) in [5, 5.41) is 15.0. The van der Waals surface area contributed by atoms with Crippen molar-refractivity contribution < 1.29 is 0 Å². The minimum Gasteiger partial charge on any atom is -0.285 e. The molecule has 3 rings (SSSR count). The number of aromatic nitrogens is 6. The van der Waals surface area contributed by atoms with Crippen LogP contribution in [-0.2, 0) is 0 Å². The minimum absolute atomic E-state index is 0.466. The van der Waals surface area contributed by atoms with Gasteiger partial charge in [0.1, 0.15) is 5.15 Å². The van der Waals surface area contributed by atoms with E-state index in [1.807, 2.05) is 0 Å². The number of fused-ring (bicyclic) bond motifs is 1. The lowest BCUT2D eigenvalue weighted by Gasteiger charge is -1.97. The third-order valence-corrected chi connectivity index (χ3v) is 2.30. The Morgan fingerprint density at radius 2 is 2.13 bits per heavy atom. The third kappa shape index (κ3) is 1.18. The van der Waals surface area contributed by atoms with Crippen molar-refractivity contribution >= 4 is 17.2 Å². The quantitative estimate of drug-likeness (QED) is 0.668. The first kappa shape index (κ1) is 8.37. The molecule has 74 valence electrons. The number of rotatable bonds is 1. The highest BCUT2D eigenvalue weighted by molar-refractivity contribution is 6.29. The van der Waals surface area contributed by atoms with Gasteiger partial charge in [0, 0.05) is 6.20 Å². The lowest BCUT2D eigenvalue weighted by molar-refractivity contribution is 1.09. The van der Waals surface area contributed by atoms with Crippen molar-refractivity contribution in [3.05, 3.63) is 29.9 Å². The predicted molar refractivity (Wildman–Crippen MR) is 53.4 cm³/mol. The number of H-pyrrole nitrogens is 1. The standard InChI is InChI=1S/C8H5ClN6/c9-6-3-10-4-7-13-14-8(15(6)7)5-1-11-12-2-5/h1-4H,(H,11,12). The molecule has 15 heavy (non-hydrogen) atoms. The van der Waals surface area contributed by atoms with Gasteiger partial charge in [0.15, 0.2) is 11.5 Å². The molecule has 0 bridgehead atoms. The van der Waals surface area contributed by atoms with E-state index in [1.54, 1.807) is 29.2 Å². The van der Waals surface area contributed by atoms with Gasteiger partial charge in [0.25, 0.3) is 0 Å². The molecule has 0 fully saturated rings. The van der Waals surface area contributed by atoms with Gasteiger partial charge in [-0.25, -0.2) is 0 Å². The summed E-state index contributed by atoms with van der Waals surface area (Å²) in [7, 11) is 0. The largest absolute Gasteiger partial charge is 0.285 e. The molecule has 0 aliphatic rings. The van der Waals surface area contributed by atoms with Crippen LogP contribution in [0.2, 0.25) is 5.15 Å². The van der Waals surface area contributed by atoms with E-state index in [9.17, 15) is 0 Å². The Bertz CT molecular complexity index is 599. The molecular weight excluding hydrogens is 216 g/mol. The molecule has 0 radical (unpaired) electrons. The van der Waals surface area contributed by atoms with E-state index < -0.39 is 0 Å². The Hall–Kier alpha value is -1.95. The minimum atomic E-state index is 0.466. The molecule has 0 spiro atoms. The van der Waals surface area contributed by atoms with Crippen LogP contribution in [0.15, 0.2) is 24.8 Å². The van der Waals surface area contributed by atoms with Crippen LogP contribution in [0.25, 0.3) is 17.0 Å². The van der Waals surface area contributed by atoms with E-state index in [0.29, 0.717) is 16.6 Å². The molecule has 1 N–H and O–H groups in total. The van der Waals surface area contributed by atoms with E-state index in [0.717, 1.165) is 5.56 Å². The summed E-state index contributed by atoms with van der Waals surface area (Å²) < 4.78 is 1.71. The fourth-order valence-electron chi connectivity index (χ4n) is 1.37.